The first kappa shape index (κ1) is 21.4. The van der Waals surface area contributed by atoms with Crippen LogP contribution in [0, 0.1) is 40.9 Å². The molecule has 28 heavy (non-hydrogen) atoms. The van der Waals surface area contributed by atoms with Gasteiger partial charge in [0.05, 0.1) is 12.0 Å². The molecule has 0 aromatic rings. The molecule has 3 saturated carbocycles. The van der Waals surface area contributed by atoms with Gasteiger partial charge in [0, 0.05) is 6.42 Å². The van der Waals surface area contributed by atoms with E-state index in [9.17, 15) is 15.0 Å². The van der Waals surface area contributed by atoms with Gasteiger partial charge in [0.2, 0.25) is 0 Å². The predicted molar refractivity (Wildman–Crippen MR) is 109 cm³/mol. The first-order valence-corrected chi connectivity index (χ1v) is 11.1. The summed E-state index contributed by atoms with van der Waals surface area (Å²) in [6.07, 6.45) is 10.4. The Morgan fingerprint density at radius 3 is 2.68 bits per heavy atom. The van der Waals surface area contributed by atoms with E-state index in [-0.39, 0.29) is 23.7 Å². The number of fused-ring (bicyclic) bond motifs is 1. The summed E-state index contributed by atoms with van der Waals surface area (Å²) in [5.74, 6) is 6.65. The second kappa shape index (κ2) is 9.01. The maximum absolute atomic E-state index is 10.8. The summed E-state index contributed by atoms with van der Waals surface area (Å²) in [5, 5.41) is 29.9. The van der Waals surface area contributed by atoms with E-state index in [0.717, 1.165) is 12.8 Å². The largest absolute Gasteiger partial charge is 0.481 e. The number of hydrogen-bond acceptors (Lipinski definition) is 3. The lowest BCUT2D eigenvalue weighted by molar-refractivity contribution is -0.136. The van der Waals surface area contributed by atoms with Crippen LogP contribution >= 0.6 is 0 Å². The fraction of sp³-hybridized carbons (Fsp3) is 0.792. The van der Waals surface area contributed by atoms with Crippen LogP contribution in [-0.2, 0) is 4.79 Å². The Bertz CT molecular complexity index is 651. The second-order valence-corrected chi connectivity index (χ2v) is 9.50. The maximum atomic E-state index is 10.8. The number of rotatable bonds is 5. The first-order valence-electron chi connectivity index (χ1n) is 11.1. The van der Waals surface area contributed by atoms with Gasteiger partial charge in [-0.25, -0.2) is 0 Å². The van der Waals surface area contributed by atoms with Crippen molar-refractivity contribution in [1.82, 2.24) is 0 Å². The van der Waals surface area contributed by atoms with Crippen molar-refractivity contribution in [3.05, 3.63) is 11.6 Å². The van der Waals surface area contributed by atoms with Crippen LogP contribution in [0.5, 0.6) is 0 Å². The van der Waals surface area contributed by atoms with E-state index in [1.54, 1.807) is 0 Å². The Morgan fingerprint density at radius 2 is 2.00 bits per heavy atom. The number of aliphatic hydroxyl groups is 2. The minimum atomic E-state index is -0.764. The van der Waals surface area contributed by atoms with Gasteiger partial charge in [0.15, 0.2) is 0 Å². The third-order valence-corrected chi connectivity index (χ3v) is 7.61. The van der Waals surface area contributed by atoms with Crippen LogP contribution in [0.25, 0.3) is 0 Å². The molecule has 0 bridgehead atoms. The van der Waals surface area contributed by atoms with Crippen LogP contribution in [0.4, 0.5) is 0 Å². The van der Waals surface area contributed by atoms with Gasteiger partial charge in [0.25, 0.3) is 0 Å². The normalized spacial score (nSPS) is 38.1. The number of carboxylic acids is 1. The SMILES string of the molecule is CC1C(=CCCC(=O)O)[C@]2(C)CC[C@H](O)[C@@H](C#CC(O)CC3CCCCC3)[C@H]12. The minimum Gasteiger partial charge on any atom is -0.481 e. The molecule has 0 amide bonds. The number of aliphatic hydroxyl groups excluding tert-OH is 2. The van der Waals surface area contributed by atoms with E-state index in [1.165, 1.54) is 37.7 Å². The van der Waals surface area contributed by atoms with Crippen molar-refractivity contribution in [2.45, 2.75) is 90.3 Å². The summed E-state index contributed by atoms with van der Waals surface area (Å²) < 4.78 is 0. The van der Waals surface area contributed by atoms with Crippen LogP contribution in [0.3, 0.4) is 0 Å². The molecular formula is C24H36O4. The predicted octanol–water partition coefficient (Wildman–Crippen LogP) is 4.16. The van der Waals surface area contributed by atoms with Gasteiger partial charge in [-0.15, -0.1) is 0 Å². The van der Waals surface area contributed by atoms with Crippen molar-refractivity contribution in [2.75, 3.05) is 0 Å². The highest BCUT2D eigenvalue weighted by molar-refractivity contribution is 5.66. The topological polar surface area (TPSA) is 77.8 Å². The monoisotopic (exact) mass is 388 g/mol. The summed E-state index contributed by atoms with van der Waals surface area (Å²) in [5.41, 5.74) is 1.34. The van der Waals surface area contributed by atoms with Crippen LogP contribution in [0.15, 0.2) is 11.6 Å². The van der Waals surface area contributed by atoms with Crippen LogP contribution < -0.4 is 0 Å². The Balaban J connectivity index is 1.66. The molecule has 0 aromatic heterocycles. The zero-order valence-electron chi connectivity index (χ0n) is 17.4. The molecule has 156 valence electrons. The molecule has 3 N–H and O–H groups in total. The first-order chi connectivity index (χ1) is 13.3. The molecule has 6 atom stereocenters. The van der Waals surface area contributed by atoms with E-state index in [4.69, 9.17) is 5.11 Å². The van der Waals surface area contributed by atoms with Gasteiger partial charge in [-0.2, -0.15) is 0 Å². The lowest BCUT2D eigenvalue weighted by Gasteiger charge is -2.61. The number of aliphatic carboxylic acids is 1. The summed E-state index contributed by atoms with van der Waals surface area (Å²) in [7, 11) is 0. The molecule has 3 aliphatic carbocycles. The molecule has 0 radical (unpaired) electrons. The van der Waals surface area contributed by atoms with Crippen LogP contribution in [0.1, 0.15) is 78.1 Å². The molecule has 0 aliphatic heterocycles. The van der Waals surface area contributed by atoms with E-state index in [2.05, 4.69) is 31.8 Å². The van der Waals surface area contributed by atoms with Gasteiger partial charge < -0.3 is 15.3 Å². The standard InChI is InChI=1S/C24H36O4/c1-16-20(9-6-10-22(27)28)24(2)14-13-21(26)19(23(16)24)12-11-18(25)15-17-7-4-3-5-8-17/h9,16-19,21,23,25-26H,3-8,10,13-15H2,1-2H3,(H,27,28)/t16?,18?,19-,21+,23+,24+/m1/s1. The summed E-state index contributed by atoms with van der Waals surface area (Å²) in [6.45, 7) is 4.41. The van der Waals surface area contributed by atoms with E-state index in [1.807, 2.05) is 0 Å². The van der Waals surface area contributed by atoms with Crippen LogP contribution in [0.2, 0.25) is 0 Å². The quantitative estimate of drug-likeness (QED) is 0.488. The molecule has 0 heterocycles. The molecule has 0 aromatic carbocycles. The molecule has 2 unspecified atom stereocenters. The average molecular weight is 389 g/mol. The Morgan fingerprint density at radius 1 is 1.29 bits per heavy atom. The number of allylic oxidation sites excluding steroid dienone is 2. The Labute approximate surface area is 169 Å². The van der Waals surface area contributed by atoms with Gasteiger partial charge in [-0.3, -0.25) is 4.79 Å². The van der Waals surface area contributed by atoms with Crippen molar-refractivity contribution in [3.8, 4) is 11.8 Å². The fourth-order valence-electron chi connectivity index (χ4n) is 6.19. The van der Waals surface area contributed by atoms with Gasteiger partial charge in [-0.05, 0) is 48.9 Å². The average Bonchev–Trinajstić information content (AvgIpc) is 2.66. The molecule has 0 saturated heterocycles. The molecular weight excluding hydrogens is 352 g/mol. The molecule has 4 nitrogen and oxygen atoms in total. The maximum Gasteiger partial charge on any atom is 0.303 e. The molecule has 3 rings (SSSR count). The number of hydrogen-bond donors (Lipinski definition) is 3. The van der Waals surface area contributed by atoms with Crippen molar-refractivity contribution >= 4 is 5.97 Å². The number of carboxylic acid groups (broad SMARTS) is 1. The highest BCUT2D eigenvalue weighted by Gasteiger charge is 2.58. The van der Waals surface area contributed by atoms with Crippen molar-refractivity contribution in [3.63, 3.8) is 0 Å². The summed E-state index contributed by atoms with van der Waals surface area (Å²) >= 11 is 0. The van der Waals surface area contributed by atoms with Crippen LogP contribution in [-0.4, -0.2) is 33.5 Å². The summed E-state index contributed by atoms with van der Waals surface area (Å²) in [6, 6.07) is 0. The van der Waals surface area contributed by atoms with E-state index < -0.39 is 18.2 Å². The summed E-state index contributed by atoms with van der Waals surface area (Å²) in [4.78, 5) is 10.8. The molecule has 3 fully saturated rings. The lowest BCUT2D eigenvalue weighted by Crippen LogP contribution is -2.56. The highest BCUT2D eigenvalue weighted by Crippen LogP contribution is 2.64. The fourth-order valence-corrected chi connectivity index (χ4v) is 6.19. The minimum absolute atomic E-state index is 0.00478. The smallest absolute Gasteiger partial charge is 0.303 e. The second-order valence-electron chi connectivity index (χ2n) is 9.50. The zero-order valence-corrected chi connectivity index (χ0v) is 17.4. The third-order valence-electron chi connectivity index (χ3n) is 7.61. The molecule has 0 spiro atoms. The van der Waals surface area contributed by atoms with E-state index in [0.29, 0.717) is 24.7 Å². The molecule has 3 aliphatic rings. The van der Waals surface area contributed by atoms with Crippen molar-refractivity contribution < 1.29 is 20.1 Å². The zero-order chi connectivity index (χ0) is 20.3. The van der Waals surface area contributed by atoms with Gasteiger partial charge >= 0.3 is 5.97 Å². The third kappa shape index (κ3) is 4.47. The lowest BCUT2D eigenvalue weighted by atomic mass is 9.43. The highest BCUT2D eigenvalue weighted by atomic mass is 16.4. The van der Waals surface area contributed by atoms with Crippen molar-refractivity contribution in [2.24, 2.45) is 29.1 Å². The van der Waals surface area contributed by atoms with Crippen molar-refractivity contribution in [1.29, 1.82) is 0 Å². The van der Waals surface area contributed by atoms with Gasteiger partial charge in [0.1, 0.15) is 6.10 Å². The molecule has 4 heteroatoms. The van der Waals surface area contributed by atoms with E-state index >= 15 is 0 Å². The van der Waals surface area contributed by atoms with Gasteiger partial charge in [-0.1, -0.05) is 69.4 Å². The Hall–Kier alpha value is -1.31. The number of carbonyl (C=O) groups is 1. The Kier molecular flexibility index (Phi) is 6.89.